The Morgan fingerprint density at radius 2 is 1.88 bits per heavy atom. The molecule has 2 fully saturated rings. The number of likely N-dealkylation sites (tertiary alicyclic amines) is 1. The molecule has 0 saturated carbocycles. The molecule has 32 heavy (non-hydrogen) atoms. The lowest BCUT2D eigenvalue weighted by Crippen LogP contribution is -2.53. The number of rotatable bonds is 5. The van der Waals surface area contributed by atoms with Gasteiger partial charge in [-0.25, -0.2) is 4.39 Å². The maximum atomic E-state index is 14.2. The Morgan fingerprint density at radius 1 is 1.12 bits per heavy atom. The number of carbonyl (C=O) groups is 3. The predicted molar refractivity (Wildman–Crippen MR) is 111 cm³/mol. The number of phenols is 1. The summed E-state index contributed by atoms with van der Waals surface area (Å²) < 4.78 is 19.3. The number of benzene rings is 2. The molecule has 3 N–H and O–H groups in total. The van der Waals surface area contributed by atoms with Crippen molar-refractivity contribution in [1.82, 2.24) is 10.2 Å². The molecule has 3 heterocycles. The normalized spacial score (nSPS) is 28.4. The molecule has 0 bridgehead atoms. The van der Waals surface area contributed by atoms with Gasteiger partial charge >= 0.3 is 0 Å². The highest BCUT2D eigenvalue weighted by Gasteiger charge is 2.70. The third-order valence-corrected chi connectivity index (χ3v) is 6.68. The third-order valence-electron chi connectivity index (χ3n) is 6.68. The molecule has 0 aliphatic carbocycles. The molecule has 2 aromatic carbocycles. The topological polar surface area (TPSA) is 108 Å². The monoisotopic (exact) mass is 439 g/mol. The number of aromatic hydroxyl groups is 1. The van der Waals surface area contributed by atoms with E-state index in [2.05, 4.69) is 10.6 Å². The van der Waals surface area contributed by atoms with Crippen LogP contribution in [0.2, 0.25) is 0 Å². The smallest absolute Gasteiger partial charge is 0.250 e. The number of anilines is 1. The van der Waals surface area contributed by atoms with Crippen molar-refractivity contribution in [2.24, 2.45) is 11.8 Å². The predicted octanol–water partition coefficient (Wildman–Crippen LogP) is 1.14. The average Bonchev–Trinajstić information content (AvgIpc) is 3.34. The number of fused-ring (bicyclic) bond motifs is 4. The highest BCUT2D eigenvalue weighted by atomic mass is 19.1. The molecule has 2 aromatic rings. The lowest BCUT2D eigenvalue weighted by atomic mass is 9.76. The molecule has 3 aliphatic rings. The van der Waals surface area contributed by atoms with Gasteiger partial charge in [-0.05, 0) is 42.3 Å². The Bertz CT molecular complexity index is 1120. The molecule has 166 valence electrons. The molecular weight excluding hydrogens is 417 g/mol. The third kappa shape index (κ3) is 2.85. The first-order valence-corrected chi connectivity index (χ1v) is 10.4. The van der Waals surface area contributed by atoms with E-state index in [4.69, 9.17) is 4.74 Å². The number of halogens is 1. The van der Waals surface area contributed by atoms with Crippen molar-refractivity contribution in [3.05, 3.63) is 59.4 Å². The van der Waals surface area contributed by atoms with E-state index < -0.39 is 41.0 Å². The first-order valence-electron chi connectivity index (χ1n) is 10.4. The number of nitrogens with one attached hydrogen (secondary N) is 2. The summed E-state index contributed by atoms with van der Waals surface area (Å²) in [5.74, 6) is -3.54. The second-order valence-electron chi connectivity index (χ2n) is 8.40. The van der Waals surface area contributed by atoms with E-state index in [0.717, 1.165) is 10.5 Å². The minimum atomic E-state index is -1.54. The van der Waals surface area contributed by atoms with Crippen molar-refractivity contribution in [1.29, 1.82) is 0 Å². The summed E-state index contributed by atoms with van der Waals surface area (Å²) in [5, 5.41) is 15.6. The summed E-state index contributed by atoms with van der Waals surface area (Å²) in [7, 11) is 1.48. The van der Waals surface area contributed by atoms with Crippen molar-refractivity contribution in [2.75, 3.05) is 25.6 Å². The van der Waals surface area contributed by atoms with Crippen molar-refractivity contribution in [2.45, 2.75) is 18.0 Å². The van der Waals surface area contributed by atoms with Crippen LogP contribution < -0.4 is 10.6 Å². The number of phenolic OH excluding ortho intramolecular Hbond substituents is 1. The highest BCUT2D eigenvalue weighted by molar-refractivity contribution is 6.15. The van der Waals surface area contributed by atoms with Crippen LogP contribution in [0, 0.1) is 17.7 Å². The van der Waals surface area contributed by atoms with Crippen molar-refractivity contribution in [3.8, 4) is 5.75 Å². The molecule has 8 nitrogen and oxygen atoms in total. The van der Waals surface area contributed by atoms with Gasteiger partial charge in [-0.3, -0.25) is 24.6 Å². The van der Waals surface area contributed by atoms with Gasteiger partial charge in [0, 0.05) is 24.4 Å². The molecule has 5 rings (SSSR count). The number of nitrogens with zero attached hydrogens (tertiary/aromatic N) is 1. The fourth-order valence-electron chi connectivity index (χ4n) is 5.30. The molecule has 0 radical (unpaired) electrons. The Labute approximate surface area is 183 Å². The Morgan fingerprint density at radius 3 is 2.59 bits per heavy atom. The molecular formula is C23H22FN3O5. The Hall–Kier alpha value is -3.30. The quantitative estimate of drug-likeness (QED) is 0.603. The van der Waals surface area contributed by atoms with Crippen molar-refractivity contribution < 1.29 is 28.6 Å². The summed E-state index contributed by atoms with van der Waals surface area (Å²) >= 11 is 0. The second-order valence-corrected chi connectivity index (χ2v) is 8.40. The first kappa shape index (κ1) is 20.6. The van der Waals surface area contributed by atoms with Crippen LogP contribution in [-0.2, 0) is 31.1 Å². The van der Waals surface area contributed by atoms with Gasteiger partial charge in [-0.15, -0.1) is 0 Å². The second kappa shape index (κ2) is 7.39. The van der Waals surface area contributed by atoms with E-state index in [1.165, 1.54) is 37.4 Å². The summed E-state index contributed by atoms with van der Waals surface area (Å²) in [4.78, 5) is 41.2. The van der Waals surface area contributed by atoms with Crippen molar-refractivity contribution in [3.63, 3.8) is 0 Å². The maximum absolute atomic E-state index is 14.2. The van der Waals surface area contributed by atoms with Gasteiger partial charge in [-0.2, -0.15) is 0 Å². The zero-order valence-corrected chi connectivity index (χ0v) is 17.3. The van der Waals surface area contributed by atoms with Gasteiger partial charge in [0.15, 0.2) is 0 Å². The molecule has 0 aromatic heterocycles. The summed E-state index contributed by atoms with van der Waals surface area (Å²) in [6, 6.07) is 9.93. The minimum Gasteiger partial charge on any atom is -0.508 e. The van der Waals surface area contributed by atoms with Crippen LogP contribution in [-0.4, -0.2) is 54.0 Å². The molecule has 3 amide bonds. The number of hydrogen-bond acceptors (Lipinski definition) is 6. The van der Waals surface area contributed by atoms with E-state index in [-0.39, 0.29) is 24.8 Å². The van der Waals surface area contributed by atoms with Gasteiger partial charge in [0.25, 0.3) is 0 Å². The standard InChI is InChI=1S/C23H22FN3O5/c1-32-9-8-27-20(29)18-17(10-12-2-5-14(28)6-3-12)26-23(19(18)21(27)30)15-11-13(24)4-7-16(15)25-22(23)31/h2-7,11,17-19,26,28H,8-10H2,1H3,(H,25,31)/t17-,18+,19-,23+/m0/s1. The molecule has 0 unspecified atom stereocenters. The van der Waals surface area contributed by atoms with Crippen molar-refractivity contribution >= 4 is 23.4 Å². The SMILES string of the molecule is COCCN1C(=O)[C@@H]2[C@H](Cc3ccc(O)cc3)N[C@@]3(C(=O)Nc4ccc(F)cc43)[C@@H]2C1=O. The summed E-state index contributed by atoms with van der Waals surface area (Å²) in [6.45, 7) is 0.262. The van der Waals surface area contributed by atoms with Gasteiger partial charge in [0.2, 0.25) is 17.7 Å². The van der Waals surface area contributed by atoms with E-state index in [9.17, 15) is 23.9 Å². The lowest BCUT2D eigenvalue weighted by molar-refractivity contribution is -0.143. The Kier molecular flexibility index (Phi) is 4.75. The first-order chi connectivity index (χ1) is 15.4. The van der Waals surface area contributed by atoms with Crippen LogP contribution in [0.15, 0.2) is 42.5 Å². The van der Waals surface area contributed by atoms with Gasteiger partial charge in [-0.1, -0.05) is 12.1 Å². The van der Waals surface area contributed by atoms with E-state index >= 15 is 0 Å². The zero-order valence-electron chi connectivity index (χ0n) is 17.3. The van der Waals surface area contributed by atoms with Crippen LogP contribution >= 0.6 is 0 Å². The maximum Gasteiger partial charge on any atom is 0.250 e. The van der Waals surface area contributed by atoms with Gasteiger partial charge < -0.3 is 15.2 Å². The van der Waals surface area contributed by atoms with Crippen LogP contribution in [0.25, 0.3) is 0 Å². The molecule has 4 atom stereocenters. The number of ether oxygens (including phenoxy) is 1. The summed E-state index contributed by atoms with van der Waals surface area (Å²) in [5.41, 5.74) is 0.0339. The molecule has 3 aliphatic heterocycles. The van der Waals surface area contributed by atoms with E-state index in [1.807, 2.05) is 0 Å². The Balaban J connectivity index is 1.61. The fourth-order valence-corrected chi connectivity index (χ4v) is 5.30. The fraction of sp³-hybridized carbons (Fsp3) is 0.348. The molecule has 9 heteroatoms. The average molecular weight is 439 g/mol. The van der Waals surface area contributed by atoms with Crippen LogP contribution in [0.5, 0.6) is 5.75 Å². The number of hydrogen-bond donors (Lipinski definition) is 3. The highest BCUT2D eigenvalue weighted by Crippen LogP contribution is 2.53. The molecule has 1 spiro atoms. The van der Waals surface area contributed by atoms with Gasteiger partial charge in [0.1, 0.15) is 17.1 Å². The summed E-state index contributed by atoms with van der Waals surface area (Å²) in [6.07, 6.45) is 0.345. The number of methoxy groups -OCH3 is 1. The van der Waals surface area contributed by atoms with Crippen LogP contribution in [0.1, 0.15) is 11.1 Å². The van der Waals surface area contributed by atoms with E-state index in [0.29, 0.717) is 17.7 Å². The van der Waals surface area contributed by atoms with Crippen LogP contribution in [0.3, 0.4) is 0 Å². The largest absolute Gasteiger partial charge is 0.508 e. The molecule has 2 saturated heterocycles. The zero-order chi connectivity index (χ0) is 22.6. The number of carbonyl (C=O) groups excluding carboxylic acids is 3. The van der Waals surface area contributed by atoms with Crippen LogP contribution in [0.4, 0.5) is 10.1 Å². The number of imide groups is 1. The lowest BCUT2D eigenvalue weighted by Gasteiger charge is -2.29. The van der Waals surface area contributed by atoms with Gasteiger partial charge in [0.05, 0.1) is 25.0 Å². The number of amides is 3. The van der Waals surface area contributed by atoms with E-state index in [1.54, 1.807) is 12.1 Å². The minimum absolute atomic E-state index is 0.0841.